The van der Waals surface area contributed by atoms with Gasteiger partial charge in [-0.05, 0) is 26.3 Å². The molecule has 0 radical (unpaired) electrons. The van der Waals surface area contributed by atoms with Gasteiger partial charge in [0.15, 0.2) is 0 Å². The maximum Gasteiger partial charge on any atom is 0.270 e. The predicted octanol–water partition coefficient (Wildman–Crippen LogP) is 3.32. The third-order valence-electron chi connectivity index (χ3n) is 3.60. The van der Waals surface area contributed by atoms with Gasteiger partial charge in [0.25, 0.3) is 5.69 Å². The number of nitro groups is 1. The first-order chi connectivity index (χ1) is 9.69. The van der Waals surface area contributed by atoms with Gasteiger partial charge in [-0.25, -0.2) is 4.98 Å². The van der Waals surface area contributed by atoms with Crippen LogP contribution in [0.25, 0.3) is 10.6 Å². The van der Waals surface area contributed by atoms with Gasteiger partial charge in [-0.15, -0.1) is 11.3 Å². The highest BCUT2D eigenvalue weighted by molar-refractivity contribution is 7.15. The summed E-state index contributed by atoms with van der Waals surface area (Å²) in [4.78, 5) is 16.4. The van der Waals surface area contributed by atoms with Gasteiger partial charge in [-0.2, -0.15) is 0 Å². The summed E-state index contributed by atoms with van der Waals surface area (Å²) in [7, 11) is 1.96. The Morgan fingerprint density at radius 2 is 2.35 bits per heavy atom. The molecule has 0 aliphatic heterocycles. The number of nitrogens with one attached hydrogen (secondary N) is 1. The molecule has 2 aromatic rings. The summed E-state index contributed by atoms with van der Waals surface area (Å²) in [5.41, 5.74) is 2.08. The van der Waals surface area contributed by atoms with E-state index in [-0.39, 0.29) is 10.6 Å². The molecule has 20 heavy (non-hydrogen) atoms. The summed E-state index contributed by atoms with van der Waals surface area (Å²) < 4.78 is 0. The van der Waals surface area contributed by atoms with Crippen LogP contribution in [0.4, 0.5) is 5.69 Å². The van der Waals surface area contributed by atoms with Crippen LogP contribution in [0, 0.1) is 10.1 Å². The average Bonchev–Trinajstić information content (AvgIpc) is 2.91. The fourth-order valence-corrected chi connectivity index (χ4v) is 3.82. The van der Waals surface area contributed by atoms with Crippen molar-refractivity contribution in [3.05, 3.63) is 45.0 Å². The molecule has 1 aliphatic rings. The van der Waals surface area contributed by atoms with Crippen LogP contribution in [-0.2, 0) is 6.42 Å². The Morgan fingerprint density at radius 3 is 3.10 bits per heavy atom. The number of thiazole rings is 1. The largest absolute Gasteiger partial charge is 0.312 e. The highest BCUT2D eigenvalue weighted by atomic mass is 32.1. The molecule has 1 aromatic carbocycles. The molecule has 1 atom stereocenters. The zero-order chi connectivity index (χ0) is 14.1. The summed E-state index contributed by atoms with van der Waals surface area (Å²) in [5, 5.41) is 15.0. The number of fused-ring (bicyclic) bond motifs is 1. The second-order valence-corrected chi connectivity index (χ2v) is 5.90. The molecule has 5 nitrogen and oxygen atoms in total. The van der Waals surface area contributed by atoms with Crippen LogP contribution in [-0.4, -0.2) is 17.0 Å². The summed E-state index contributed by atoms with van der Waals surface area (Å²) in [6.45, 7) is 0. The Bertz CT molecular complexity index is 654. The second kappa shape index (κ2) is 5.30. The van der Waals surface area contributed by atoms with Crippen molar-refractivity contribution in [2.75, 3.05) is 7.05 Å². The van der Waals surface area contributed by atoms with Crippen LogP contribution in [0.2, 0.25) is 0 Å². The maximum atomic E-state index is 10.9. The monoisotopic (exact) mass is 289 g/mol. The van der Waals surface area contributed by atoms with E-state index in [2.05, 4.69) is 10.3 Å². The molecule has 6 heteroatoms. The molecule has 1 aliphatic carbocycles. The molecule has 1 unspecified atom stereocenters. The number of nitro benzene ring substituents is 1. The zero-order valence-corrected chi connectivity index (χ0v) is 11.9. The van der Waals surface area contributed by atoms with E-state index in [4.69, 9.17) is 0 Å². The first-order valence-corrected chi connectivity index (χ1v) is 7.42. The van der Waals surface area contributed by atoms with Gasteiger partial charge in [0.2, 0.25) is 0 Å². The van der Waals surface area contributed by atoms with Gasteiger partial charge in [0.1, 0.15) is 5.01 Å². The Morgan fingerprint density at radius 1 is 1.50 bits per heavy atom. The number of nitrogens with zero attached hydrogens (tertiary/aromatic N) is 2. The highest BCUT2D eigenvalue weighted by Crippen LogP contribution is 2.38. The topological polar surface area (TPSA) is 68.1 Å². The summed E-state index contributed by atoms with van der Waals surface area (Å²) in [6.07, 6.45) is 3.26. The van der Waals surface area contributed by atoms with Gasteiger partial charge < -0.3 is 5.32 Å². The second-order valence-electron chi connectivity index (χ2n) is 4.87. The molecule has 0 saturated carbocycles. The maximum absolute atomic E-state index is 10.9. The van der Waals surface area contributed by atoms with Crippen molar-refractivity contribution >= 4 is 17.0 Å². The fourth-order valence-electron chi connectivity index (χ4n) is 2.57. The van der Waals surface area contributed by atoms with Crippen molar-refractivity contribution in [1.82, 2.24) is 10.3 Å². The molecule has 0 bridgehead atoms. The summed E-state index contributed by atoms with van der Waals surface area (Å²) in [5.74, 6) is 0. The lowest BCUT2D eigenvalue weighted by molar-refractivity contribution is -0.384. The third-order valence-corrected chi connectivity index (χ3v) is 4.86. The van der Waals surface area contributed by atoms with Crippen molar-refractivity contribution < 1.29 is 4.92 Å². The molecule has 104 valence electrons. The molecule has 3 rings (SSSR count). The molecule has 1 N–H and O–H groups in total. The van der Waals surface area contributed by atoms with Crippen LogP contribution in [0.3, 0.4) is 0 Å². The molecular formula is C14H15N3O2S. The van der Waals surface area contributed by atoms with Gasteiger partial charge in [-0.3, -0.25) is 10.1 Å². The first-order valence-electron chi connectivity index (χ1n) is 6.60. The predicted molar refractivity (Wildman–Crippen MR) is 78.9 cm³/mol. The minimum atomic E-state index is -0.368. The van der Waals surface area contributed by atoms with Crippen molar-refractivity contribution in [2.45, 2.75) is 25.3 Å². The highest BCUT2D eigenvalue weighted by Gasteiger charge is 2.24. The number of aromatic nitrogens is 1. The van der Waals surface area contributed by atoms with E-state index in [0.29, 0.717) is 6.04 Å². The van der Waals surface area contributed by atoms with Crippen molar-refractivity contribution in [3.8, 4) is 10.6 Å². The zero-order valence-electron chi connectivity index (χ0n) is 11.1. The lowest BCUT2D eigenvalue weighted by Gasteiger charge is -2.19. The first kappa shape index (κ1) is 13.2. The van der Waals surface area contributed by atoms with Crippen LogP contribution in [0.1, 0.15) is 29.5 Å². The van der Waals surface area contributed by atoms with Crippen molar-refractivity contribution in [2.24, 2.45) is 0 Å². The number of hydrogen-bond donors (Lipinski definition) is 1. The molecule has 0 saturated heterocycles. The molecule has 0 amide bonds. The van der Waals surface area contributed by atoms with E-state index >= 15 is 0 Å². The van der Waals surface area contributed by atoms with Crippen LogP contribution in [0.5, 0.6) is 0 Å². The molecule has 1 aromatic heterocycles. The Labute approximate surface area is 120 Å². The normalized spacial score (nSPS) is 17.8. The minimum Gasteiger partial charge on any atom is -0.312 e. The third kappa shape index (κ3) is 2.32. The van der Waals surface area contributed by atoms with E-state index in [1.54, 1.807) is 23.5 Å². The van der Waals surface area contributed by atoms with E-state index in [0.717, 1.165) is 35.5 Å². The summed E-state index contributed by atoms with van der Waals surface area (Å²) in [6, 6.07) is 7.06. The molecule has 1 heterocycles. The summed E-state index contributed by atoms with van der Waals surface area (Å²) >= 11 is 1.65. The number of benzene rings is 1. The van der Waals surface area contributed by atoms with Crippen LogP contribution < -0.4 is 5.32 Å². The average molecular weight is 289 g/mol. The van der Waals surface area contributed by atoms with E-state index in [1.807, 2.05) is 13.1 Å². The smallest absolute Gasteiger partial charge is 0.270 e. The van der Waals surface area contributed by atoms with Gasteiger partial charge >= 0.3 is 0 Å². The number of non-ortho nitro benzene ring substituents is 1. The van der Waals surface area contributed by atoms with Crippen LogP contribution in [0.15, 0.2) is 24.3 Å². The Hall–Kier alpha value is -1.79. The SMILES string of the molecule is CNC1CCCc2nc(-c3cccc([N+](=O)[O-])c3)sc21. The van der Waals surface area contributed by atoms with Gasteiger partial charge in [-0.1, -0.05) is 12.1 Å². The number of rotatable bonds is 3. The van der Waals surface area contributed by atoms with E-state index in [1.165, 1.54) is 10.9 Å². The number of aryl methyl sites for hydroxylation is 1. The fraction of sp³-hybridized carbons (Fsp3) is 0.357. The lowest BCUT2D eigenvalue weighted by atomic mass is 9.98. The number of hydrogen-bond acceptors (Lipinski definition) is 5. The molecule has 0 spiro atoms. The minimum absolute atomic E-state index is 0.112. The Kier molecular flexibility index (Phi) is 3.50. The van der Waals surface area contributed by atoms with Gasteiger partial charge in [0.05, 0.1) is 10.6 Å². The van der Waals surface area contributed by atoms with Crippen molar-refractivity contribution in [3.63, 3.8) is 0 Å². The molecule has 0 fully saturated rings. The van der Waals surface area contributed by atoms with E-state index < -0.39 is 0 Å². The standard InChI is InChI=1S/C14H15N3O2S/c1-15-11-6-3-7-12-13(11)20-14(16-12)9-4-2-5-10(8-9)17(18)19/h2,4-5,8,11,15H,3,6-7H2,1H3. The Balaban J connectivity index is 2.01. The van der Waals surface area contributed by atoms with Crippen LogP contribution >= 0.6 is 11.3 Å². The van der Waals surface area contributed by atoms with Crippen molar-refractivity contribution in [1.29, 1.82) is 0 Å². The molecular weight excluding hydrogens is 274 g/mol. The lowest BCUT2D eigenvalue weighted by Crippen LogP contribution is -2.19. The van der Waals surface area contributed by atoms with Gasteiger partial charge in [0, 0.05) is 28.6 Å². The van der Waals surface area contributed by atoms with E-state index in [9.17, 15) is 10.1 Å². The quantitative estimate of drug-likeness (QED) is 0.695.